The first-order valence-electron chi connectivity index (χ1n) is 8.54. The molecule has 1 saturated heterocycles. The van der Waals surface area contributed by atoms with E-state index in [0.717, 1.165) is 36.5 Å². The molecule has 6 heteroatoms. The Morgan fingerprint density at radius 3 is 3.00 bits per heavy atom. The fraction of sp³-hybridized carbons (Fsp3) is 0.474. The van der Waals surface area contributed by atoms with E-state index in [4.69, 9.17) is 13.9 Å². The van der Waals surface area contributed by atoms with Gasteiger partial charge in [-0.3, -0.25) is 4.79 Å². The molecule has 0 spiro atoms. The molecule has 1 aromatic heterocycles. The van der Waals surface area contributed by atoms with Crippen molar-refractivity contribution in [3.8, 4) is 5.75 Å². The summed E-state index contributed by atoms with van der Waals surface area (Å²) in [4.78, 5) is 18.3. The van der Waals surface area contributed by atoms with Crippen molar-refractivity contribution in [3.63, 3.8) is 0 Å². The van der Waals surface area contributed by atoms with Gasteiger partial charge in [0.25, 0.3) is 0 Å². The van der Waals surface area contributed by atoms with Gasteiger partial charge in [-0.05, 0) is 18.9 Å². The first kappa shape index (κ1) is 17.5. The predicted octanol–water partition coefficient (Wildman–Crippen LogP) is 2.63. The molecule has 0 radical (unpaired) electrons. The highest BCUT2D eigenvalue weighted by atomic mass is 16.5. The molecule has 1 aromatic carbocycles. The Bertz CT molecular complexity index is 713. The zero-order valence-corrected chi connectivity index (χ0v) is 14.7. The molecule has 1 aliphatic rings. The number of rotatable bonds is 6. The number of amides is 1. The van der Waals surface area contributed by atoms with E-state index in [9.17, 15) is 4.79 Å². The van der Waals surface area contributed by atoms with Crippen LogP contribution in [0.2, 0.25) is 0 Å². The molecule has 0 bridgehead atoms. The van der Waals surface area contributed by atoms with E-state index in [0.29, 0.717) is 18.9 Å². The average Bonchev–Trinajstić information content (AvgIpc) is 3.11. The first-order chi connectivity index (χ1) is 12.2. The molecule has 6 nitrogen and oxygen atoms in total. The van der Waals surface area contributed by atoms with Crippen molar-refractivity contribution in [2.75, 3.05) is 33.9 Å². The quantitative estimate of drug-likeness (QED) is 0.806. The summed E-state index contributed by atoms with van der Waals surface area (Å²) in [6, 6.07) is 7.89. The number of piperidine rings is 1. The van der Waals surface area contributed by atoms with Gasteiger partial charge in [-0.25, -0.2) is 4.98 Å². The van der Waals surface area contributed by atoms with Crippen LogP contribution >= 0.6 is 0 Å². The summed E-state index contributed by atoms with van der Waals surface area (Å²) in [6.07, 6.45) is 4.34. The topological polar surface area (TPSA) is 64.8 Å². The van der Waals surface area contributed by atoms with Crippen LogP contribution in [0.1, 0.15) is 36.0 Å². The number of carbonyl (C=O) groups excluding carboxylic acids is 1. The van der Waals surface area contributed by atoms with Crippen LogP contribution in [-0.2, 0) is 16.0 Å². The molecule has 0 N–H and O–H groups in total. The van der Waals surface area contributed by atoms with Crippen LogP contribution in [0.3, 0.4) is 0 Å². The van der Waals surface area contributed by atoms with Gasteiger partial charge in [0.2, 0.25) is 5.91 Å². The summed E-state index contributed by atoms with van der Waals surface area (Å²) in [7, 11) is 3.20. The number of oxazole rings is 1. The molecular weight excluding hydrogens is 320 g/mol. The standard InChI is InChI=1S/C19H24N2O4/c1-23-13-18(22)21-9-5-7-15(12-21)19-20-11-16(25-19)10-14-6-3-4-8-17(14)24-2/h3-4,6,8,11,15H,5,7,9-10,12-13H2,1-2H3/t15-/m0/s1. The maximum atomic E-state index is 12.0. The van der Waals surface area contributed by atoms with Crippen LogP contribution in [0, 0.1) is 0 Å². The van der Waals surface area contributed by atoms with Crippen molar-refractivity contribution in [2.45, 2.75) is 25.2 Å². The molecule has 0 saturated carbocycles. The Kier molecular flexibility index (Phi) is 5.71. The third kappa shape index (κ3) is 4.20. The van der Waals surface area contributed by atoms with Crippen molar-refractivity contribution >= 4 is 5.91 Å². The SMILES string of the molecule is COCC(=O)N1CCC[C@H](c2ncc(Cc3ccccc3OC)o2)C1. The normalized spacial score (nSPS) is 17.5. The van der Waals surface area contributed by atoms with Gasteiger partial charge in [0.05, 0.1) is 19.2 Å². The predicted molar refractivity (Wildman–Crippen MR) is 92.7 cm³/mol. The van der Waals surface area contributed by atoms with Crippen LogP contribution < -0.4 is 4.74 Å². The summed E-state index contributed by atoms with van der Waals surface area (Å²) in [6.45, 7) is 1.53. The Labute approximate surface area is 147 Å². The molecule has 1 fully saturated rings. The van der Waals surface area contributed by atoms with Crippen LogP contribution in [0.15, 0.2) is 34.9 Å². The van der Waals surface area contributed by atoms with Crippen molar-refractivity contribution in [3.05, 3.63) is 47.7 Å². The lowest BCUT2D eigenvalue weighted by atomic mass is 9.98. The number of ether oxygens (including phenoxy) is 2. The molecular formula is C19H24N2O4. The molecule has 134 valence electrons. The van der Waals surface area contributed by atoms with E-state index >= 15 is 0 Å². The number of aromatic nitrogens is 1. The highest BCUT2D eigenvalue weighted by Gasteiger charge is 2.27. The van der Waals surface area contributed by atoms with Crippen molar-refractivity contribution in [1.29, 1.82) is 0 Å². The third-order valence-corrected chi connectivity index (χ3v) is 4.52. The second-order valence-electron chi connectivity index (χ2n) is 6.27. The lowest BCUT2D eigenvalue weighted by Gasteiger charge is -2.31. The van der Waals surface area contributed by atoms with Crippen LogP contribution in [0.4, 0.5) is 0 Å². The maximum Gasteiger partial charge on any atom is 0.248 e. The monoisotopic (exact) mass is 344 g/mol. The number of nitrogens with zero attached hydrogens (tertiary/aromatic N) is 2. The summed E-state index contributed by atoms with van der Waals surface area (Å²) in [5.74, 6) is 2.52. The minimum atomic E-state index is 0.0213. The number of para-hydroxylation sites is 1. The highest BCUT2D eigenvalue weighted by Crippen LogP contribution is 2.28. The fourth-order valence-electron chi connectivity index (χ4n) is 3.25. The van der Waals surface area contributed by atoms with Gasteiger partial charge in [0.15, 0.2) is 5.89 Å². The third-order valence-electron chi connectivity index (χ3n) is 4.52. The maximum absolute atomic E-state index is 12.0. The molecule has 25 heavy (non-hydrogen) atoms. The number of benzene rings is 1. The van der Waals surface area contributed by atoms with E-state index in [1.165, 1.54) is 7.11 Å². The van der Waals surface area contributed by atoms with Gasteiger partial charge in [0, 0.05) is 32.2 Å². The summed E-state index contributed by atoms with van der Waals surface area (Å²) in [5.41, 5.74) is 1.06. The van der Waals surface area contributed by atoms with E-state index in [1.807, 2.05) is 29.2 Å². The van der Waals surface area contributed by atoms with Crippen LogP contribution in [-0.4, -0.2) is 49.7 Å². The van der Waals surface area contributed by atoms with Gasteiger partial charge in [-0.1, -0.05) is 18.2 Å². The molecule has 1 aliphatic heterocycles. The van der Waals surface area contributed by atoms with E-state index in [2.05, 4.69) is 4.98 Å². The zero-order chi connectivity index (χ0) is 17.6. The molecule has 0 aliphatic carbocycles. The summed E-state index contributed by atoms with van der Waals surface area (Å²) >= 11 is 0. The van der Waals surface area contributed by atoms with Gasteiger partial charge in [-0.2, -0.15) is 0 Å². The number of hydrogen-bond donors (Lipinski definition) is 0. The Morgan fingerprint density at radius 1 is 1.36 bits per heavy atom. The Balaban J connectivity index is 1.67. The smallest absolute Gasteiger partial charge is 0.248 e. The minimum absolute atomic E-state index is 0.0213. The Hall–Kier alpha value is -2.34. The Morgan fingerprint density at radius 2 is 2.20 bits per heavy atom. The average molecular weight is 344 g/mol. The second kappa shape index (κ2) is 8.16. The summed E-state index contributed by atoms with van der Waals surface area (Å²) < 4.78 is 16.3. The van der Waals surface area contributed by atoms with Crippen molar-refractivity contribution in [1.82, 2.24) is 9.88 Å². The molecule has 3 rings (SSSR count). The summed E-state index contributed by atoms with van der Waals surface area (Å²) in [5, 5.41) is 0. The van der Waals surface area contributed by atoms with Gasteiger partial charge in [-0.15, -0.1) is 0 Å². The zero-order valence-electron chi connectivity index (χ0n) is 14.7. The molecule has 0 unspecified atom stereocenters. The number of carbonyl (C=O) groups is 1. The van der Waals surface area contributed by atoms with Gasteiger partial charge >= 0.3 is 0 Å². The van der Waals surface area contributed by atoms with Gasteiger partial charge < -0.3 is 18.8 Å². The van der Waals surface area contributed by atoms with Crippen molar-refractivity contribution < 1.29 is 18.7 Å². The molecule has 2 heterocycles. The molecule has 1 atom stereocenters. The first-order valence-corrected chi connectivity index (χ1v) is 8.54. The van der Waals surface area contributed by atoms with Crippen molar-refractivity contribution in [2.24, 2.45) is 0 Å². The van der Waals surface area contributed by atoms with Gasteiger partial charge in [0.1, 0.15) is 18.1 Å². The van der Waals surface area contributed by atoms with E-state index in [-0.39, 0.29) is 18.4 Å². The van der Waals surface area contributed by atoms with E-state index < -0.39 is 0 Å². The largest absolute Gasteiger partial charge is 0.496 e. The highest BCUT2D eigenvalue weighted by molar-refractivity contribution is 5.77. The molecule has 1 amide bonds. The molecule has 2 aromatic rings. The fourth-order valence-corrected chi connectivity index (χ4v) is 3.25. The van der Waals surface area contributed by atoms with E-state index in [1.54, 1.807) is 13.3 Å². The number of methoxy groups -OCH3 is 2. The lowest BCUT2D eigenvalue weighted by molar-refractivity contribution is -0.136. The number of likely N-dealkylation sites (tertiary alicyclic amines) is 1. The minimum Gasteiger partial charge on any atom is -0.496 e. The second-order valence-corrected chi connectivity index (χ2v) is 6.27. The number of hydrogen-bond acceptors (Lipinski definition) is 5. The lowest BCUT2D eigenvalue weighted by Crippen LogP contribution is -2.40. The van der Waals surface area contributed by atoms with Crippen LogP contribution in [0.5, 0.6) is 5.75 Å². The van der Waals surface area contributed by atoms with Crippen LogP contribution in [0.25, 0.3) is 0 Å².